The van der Waals surface area contributed by atoms with Crippen LogP contribution in [0.1, 0.15) is 23.3 Å². The minimum absolute atomic E-state index is 0.139. The van der Waals surface area contributed by atoms with Gasteiger partial charge in [0.15, 0.2) is 0 Å². The number of aliphatic hydroxyl groups excluding tert-OH is 1. The van der Waals surface area contributed by atoms with Gasteiger partial charge in [0.05, 0.1) is 18.7 Å². The Bertz CT molecular complexity index is 754. The molecule has 1 aliphatic rings. The minimum Gasteiger partial charge on any atom is -0.492 e. The van der Waals surface area contributed by atoms with E-state index < -0.39 is 12.1 Å². The molecular weight excluding hydrogens is 346 g/mol. The Morgan fingerprint density at radius 1 is 1.11 bits per heavy atom. The standard InChI is InChI=1S/C20H23N3O4/c24-18-13-14(12-17(18)23-20(26)16-8-4-5-9-21-16)19(25)22-10-11-27-15-6-2-1-3-7-15/h1-9,14,17-18,24H,10-13H2,(H,22,25)(H,23,26)/t14-,17-,18-/m0/s1. The van der Waals surface area contributed by atoms with E-state index in [9.17, 15) is 14.7 Å². The van der Waals surface area contributed by atoms with Crippen molar-refractivity contribution in [3.63, 3.8) is 0 Å². The van der Waals surface area contributed by atoms with Crippen LogP contribution >= 0.6 is 0 Å². The van der Waals surface area contributed by atoms with Crippen LogP contribution in [0.3, 0.4) is 0 Å². The molecule has 0 saturated heterocycles. The zero-order valence-corrected chi connectivity index (χ0v) is 14.9. The van der Waals surface area contributed by atoms with Crippen LogP contribution in [0.5, 0.6) is 5.75 Å². The van der Waals surface area contributed by atoms with Crippen LogP contribution in [0.4, 0.5) is 0 Å². The zero-order valence-electron chi connectivity index (χ0n) is 14.9. The summed E-state index contributed by atoms with van der Waals surface area (Å²) in [5.74, 6) is -0.0802. The smallest absolute Gasteiger partial charge is 0.270 e. The zero-order chi connectivity index (χ0) is 19.1. The third-order valence-corrected chi connectivity index (χ3v) is 4.53. The largest absolute Gasteiger partial charge is 0.492 e. The lowest BCUT2D eigenvalue weighted by Gasteiger charge is -2.16. The molecule has 1 aromatic carbocycles. The Kier molecular flexibility index (Phi) is 6.38. The second kappa shape index (κ2) is 9.14. The van der Waals surface area contributed by atoms with Gasteiger partial charge in [0, 0.05) is 12.1 Å². The topological polar surface area (TPSA) is 101 Å². The van der Waals surface area contributed by atoms with Gasteiger partial charge in [-0.15, -0.1) is 0 Å². The molecule has 2 amide bonds. The molecule has 7 heteroatoms. The summed E-state index contributed by atoms with van der Waals surface area (Å²) < 4.78 is 5.53. The molecule has 0 radical (unpaired) electrons. The predicted molar refractivity (Wildman–Crippen MR) is 99.2 cm³/mol. The SMILES string of the molecule is O=C(N[C@H]1C[C@H](C(=O)NCCOc2ccccc2)C[C@@H]1O)c1ccccn1. The number of benzene rings is 1. The van der Waals surface area contributed by atoms with Crippen molar-refractivity contribution in [2.45, 2.75) is 25.0 Å². The Morgan fingerprint density at radius 2 is 1.89 bits per heavy atom. The summed E-state index contributed by atoms with van der Waals surface area (Å²) in [5.41, 5.74) is 0.288. The highest BCUT2D eigenvalue weighted by molar-refractivity contribution is 5.92. The van der Waals surface area contributed by atoms with E-state index in [-0.39, 0.29) is 23.4 Å². The number of rotatable bonds is 7. The van der Waals surface area contributed by atoms with Gasteiger partial charge in [0.25, 0.3) is 5.91 Å². The Hall–Kier alpha value is -2.93. The van der Waals surface area contributed by atoms with E-state index in [0.717, 1.165) is 5.75 Å². The molecule has 1 saturated carbocycles. The number of hydrogen-bond acceptors (Lipinski definition) is 5. The Labute approximate surface area is 157 Å². The van der Waals surface area contributed by atoms with E-state index in [1.807, 2.05) is 30.3 Å². The van der Waals surface area contributed by atoms with Crippen molar-refractivity contribution >= 4 is 11.8 Å². The number of amides is 2. The van der Waals surface area contributed by atoms with Crippen LogP contribution in [-0.4, -0.2) is 47.2 Å². The number of hydrogen-bond donors (Lipinski definition) is 3. The molecule has 2 aromatic rings. The highest BCUT2D eigenvalue weighted by Gasteiger charge is 2.37. The molecule has 3 rings (SSSR count). The number of nitrogens with one attached hydrogen (secondary N) is 2. The van der Waals surface area contributed by atoms with Crippen molar-refractivity contribution < 1.29 is 19.4 Å². The molecule has 1 heterocycles. The van der Waals surface area contributed by atoms with Crippen LogP contribution in [0.25, 0.3) is 0 Å². The lowest BCUT2D eigenvalue weighted by Crippen LogP contribution is -2.40. The summed E-state index contributed by atoms with van der Waals surface area (Å²) in [7, 11) is 0. The van der Waals surface area contributed by atoms with Gasteiger partial charge in [-0.2, -0.15) is 0 Å². The average Bonchev–Trinajstić information content (AvgIpc) is 3.07. The molecule has 0 aliphatic heterocycles. The van der Waals surface area contributed by atoms with Gasteiger partial charge in [0.2, 0.25) is 5.91 Å². The fraction of sp³-hybridized carbons (Fsp3) is 0.350. The van der Waals surface area contributed by atoms with E-state index in [2.05, 4.69) is 15.6 Å². The van der Waals surface area contributed by atoms with Gasteiger partial charge in [-0.3, -0.25) is 14.6 Å². The van der Waals surface area contributed by atoms with Crippen molar-refractivity contribution in [3.8, 4) is 5.75 Å². The molecule has 3 atom stereocenters. The van der Waals surface area contributed by atoms with Crippen LogP contribution in [0.2, 0.25) is 0 Å². The molecule has 1 fully saturated rings. The first-order valence-electron chi connectivity index (χ1n) is 8.99. The van der Waals surface area contributed by atoms with Gasteiger partial charge in [-0.05, 0) is 37.1 Å². The number of carbonyl (C=O) groups excluding carboxylic acids is 2. The van der Waals surface area contributed by atoms with Crippen LogP contribution in [-0.2, 0) is 4.79 Å². The first-order chi connectivity index (χ1) is 13.1. The van der Waals surface area contributed by atoms with Crippen molar-refractivity contribution in [2.75, 3.05) is 13.2 Å². The number of aromatic nitrogens is 1. The fourth-order valence-electron chi connectivity index (χ4n) is 3.13. The molecule has 27 heavy (non-hydrogen) atoms. The summed E-state index contributed by atoms with van der Waals surface area (Å²) >= 11 is 0. The highest BCUT2D eigenvalue weighted by Crippen LogP contribution is 2.26. The van der Waals surface area contributed by atoms with Gasteiger partial charge in [-0.1, -0.05) is 24.3 Å². The van der Waals surface area contributed by atoms with E-state index in [1.165, 1.54) is 6.20 Å². The maximum absolute atomic E-state index is 12.3. The van der Waals surface area contributed by atoms with Crippen LogP contribution < -0.4 is 15.4 Å². The molecule has 0 unspecified atom stereocenters. The quantitative estimate of drug-likeness (QED) is 0.636. The Balaban J connectivity index is 1.42. The number of ether oxygens (including phenoxy) is 1. The number of para-hydroxylation sites is 1. The summed E-state index contributed by atoms with van der Waals surface area (Å²) in [4.78, 5) is 28.5. The molecule has 0 spiro atoms. The lowest BCUT2D eigenvalue weighted by molar-refractivity contribution is -0.125. The third-order valence-electron chi connectivity index (χ3n) is 4.53. The molecule has 1 aromatic heterocycles. The Morgan fingerprint density at radius 3 is 2.63 bits per heavy atom. The number of nitrogens with zero attached hydrogens (tertiary/aromatic N) is 1. The van der Waals surface area contributed by atoms with Gasteiger partial charge < -0.3 is 20.5 Å². The maximum Gasteiger partial charge on any atom is 0.270 e. The maximum atomic E-state index is 12.3. The molecule has 3 N–H and O–H groups in total. The number of aliphatic hydroxyl groups is 1. The third kappa shape index (κ3) is 5.27. The van der Waals surface area contributed by atoms with Crippen LogP contribution in [0, 0.1) is 5.92 Å². The number of pyridine rings is 1. The number of carbonyl (C=O) groups is 2. The van der Waals surface area contributed by atoms with Gasteiger partial charge in [-0.25, -0.2) is 0 Å². The van der Waals surface area contributed by atoms with Crippen molar-refractivity contribution in [3.05, 3.63) is 60.4 Å². The highest BCUT2D eigenvalue weighted by atomic mass is 16.5. The van der Waals surface area contributed by atoms with E-state index >= 15 is 0 Å². The normalized spacial score (nSPS) is 21.4. The van der Waals surface area contributed by atoms with Gasteiger partial charge in [0.1, 0.15) is 18.1 Å². The minimum atomic E-state index is -0.756. The van der Waals surface area contributed by atoms with Gasteiger partial charge >= 0.3 is 0 Å². The average molecular weight is 369 g/mol. The van der Waals surface area contributed by atoms with Crippen molar-refractivity contribution in [1.82, 2.24) is 15.6 Å². The monoisotopic (exact) mass is 369 g/mol. The molecule has 142 valence electrons. The molecular formula is C20H23N3O4. The molecule has 7 nitrogen and oxygen atoms in total. The van der Waals surface area contributed by atoms with Crippen molar-refractivity contribution in [2.24, 2.45) is 5.92 Å². The second-order valence-corrected chi connectivity index (χ2v) is 6.48. The summed E-state index contributed by atoms with van der Waals surface area (Å²) in [6.45, 7) is 0.746. The summed E-state index contributed by atoms with van der Waals surface area (Å²) in [5, 5.41) is 15.8. The second-order valence-electron chi connectivity index (χ2n) is 6.48. The fourth-order valence-corrected chi connectivity index (χ4v) is 3.13. The van der Waals surface area contributed by atoms with E-state index in [1.54, 1.807) is 18.2 Å². The predicted octanol–water partition coefficient (Wildman–Crippen LogP) is 1.15. The van der Waals surface area contributed by atoms with E-state index in [4.69, 9.17) is 4.74 Å². The lowest BCUT2D eigenvalue weighted by atomic mass is 10.1. The van der Waals surface area contributed by atoms with Crippen molar-refractivity contribution in [1.29, 1.82) is 0 Å². The molecule has 1 aliphatic carbocycles. The summed E-state index contributed by atoms with van der Waals surface area (Å²) in [6, 6.07) is 14.0. The first-order valence-corrected chi connectivity index (χ1v) is 8.99. The van der Waals surface area contributed by atoms with Crippen LogP contribution in [0.15, 0.2) is 54.7 Å². The first kappa shape index (κ1) is 18.8. The molecule has 0 bridgehead atoms. The summed E-state index contributed by atoms with van der Waals surface area (Å²) in [6.07, 6.45) is 1.49. The van der Waals surface area contributed by atoms with E-state index in [0.29, 0.717) is 26.0 Å².